The molecule has 2 amide bonds. The van der Waals surface area contributed by atoms with Gasteiger partial charge in [-0.1, -0.05) is 0 Å². The first-order valence-corrected chi connectivity index (χ1v) is 7.87. The number of hydrogen-bond donors (Lipinski definition) is 2. The molecule has 0 spiro atoms. The fourth-order valence-corrected chi connectivity index (χ4v) is 3.65. The van der Waals surface area contributed by atoms with Crippen molar-refractivity contribution < 1.29 is 4.79 Å². The fourth-order valence-electron chi connectivity index (χ4n) is 1.73. The van der Waals surface area contributed by atoms with Crippen LogP contribution >= 0.6 is 0 Å². The van der Waals surface area contributed by atoms with Crippen molar-refractivity contribution in [2.45, 2.75) is 56.7 Å². The molecule has 0 aromatic heterocycles. The van der Waals surface area contributed by atoms with Crippen LogP contribution < -0.4 is 9.65 Å². The summed E-state index contributed by atoms with van der Waals surface area (Å²) in [7, 11) is 0. The van der Waals surface area contributed by atoms with Gasteiger partial charge in [-0.15, -0.1) is 0 Å². The molecule has 4 heteroatoms. The van der Waals surface area contributed by atoms with Crippen LogP contribution in [0.25, 0.3) is 0 Å². The molecule has 88 valence electrons. The minimum atomic E-state index is 0.0361. The maximum atomic E-state index is 11.4. The quantitative estimate of drug-likeness (QED) is 0.588. The summed E-state index contributed by atoms with van der Waals surface area (Å²) in [6.07, 6.45) is 8.93. The van der Waals surface area contributed by atoms with Gasteiger partial charge in [-0.25, -0.2) is 0 Å². The van der Waals surface area contributed by atoms with Gasteiger partial charge in [0.05, 0.1) is 0 Å². The fraction of sp³-hybridized carbons (Fsp3) is 0.909. The van der Waals surface area contributed by atoms with Gasteiger partial charge in [0.25, 0.3) is 0 Å². The summed E-state index contributed by atoms with van der Waals surface area (Å²) in [5.74, 6) is 0. The van der Waals surface area contributed by atoms with Crippen LogP contribution in [0.1, 0.15) is 51.9 Å². The second-order valence-corrected chi connectivity index (χ2v) is 6.41. The molecule has 3 nitrogen and oxygen atoms in total. The van der Waals surface area contributed by atoms with Crippen LogP contribution in [-0.4, -0.2) is 27.8 Å². The molecule has 15 heavy (non-hydrogen) atoms. The average Bonchev–Trinajstić information content (AvgIpc) is 2.28. The number of urea groups is 1. The van der Waals surface area contributed by atoms with Crippen molar-refractivity contribution in [1.29, 1.82) is 0 Å². The number of rotatable bonds is 5. The van der Waals surface area contributed by atoms with Gasteiger partial charge in [-0.3, -0.25) is 0 Å². The van der Waals surface area contributed by atoms with Gasteiger partial charge in [0, 0.05) is 0 Å². The van der Waals surface area contributed by atoms with Gasteiger partial charge in [0.15, 0.2) is 0 Å². The molecule has 1 rings (SSSR count). The monoisotopic (exact) mass is 278 g/mol. The molecule has 1 saturated carbocycles. The van der Waals surface area contributed by atoms with E-state index in [1.807, 2.05) is 0 Å². The molecule has 0 atom stereocenters. The molecule has 2 N–H and O–H groups in total. The Kier molecular flexibility index (Phi) is 6.86. The van der Waals surface area contributed by atoms with Crippen molar-refractivity contribution in [3.63, 3.8) is 0 Å². The van der Waals surface area contributed by atoms with E-state index < -0.39 is 0 Å². The zero-order valence-corrected chi connectivity index (χ0v) is 11.3. The summed E-state index contributed by atoms with van der Waals surface area (Å²) >= 11 is 0.302. The van der Waals surface area contributed by atoms with Crippen molar-refractivity contribution >= 4 is 21.2 Å². The molecule has 0 heterocycles. The van der Waals surface area contributed by atoms with E-state index in [4.69, 9.17) is 0 Å². The third-order valence-corrected chi connectivity index (χ3v) is 5.01. The van der Waals surface area contributed by atoms with E-state index in [1.165, 1.54) is 32.1 Å². The summed E-state index contributed by atoms with van der Waals surface area (Å²) in [5, 5.41) is 2.89. The second-order valence-electron chi connectivity index (χ2n) is 4.09. The van der Waals surface area contributed by atoms with E-state index in [0.29, 0.717) is 15.2 Å². The van der Waals surface area contributed by atoms with E-state index >= 15 is 0 Å². The second kappa shape index (κ2) is 8.00. The van der Waals surface area contributed by atoms with Gasteiger partial charge < -0.3 is 0 Å². The number of hydrogen-bond acceptors (Lipinski definition) is 1. The Bertz CT molecular complexity index is 181. The van der Waals surface area contributed by atoms with E-state index in [2.05, 4.69) is 16.6 Å². The van der Waals surface area contributed by atoms with Gasteiger partial charge in [-0.05, 0) is 0 Å². The first-order valence-electron chi connectivity index (χ1n) is 6.02. The standard InChI is InChI=1S/C11H22N2OSe/c1-2-3-9-12-11(14)13-15-10-7-5-4-6-8-10/h10H,2-9H2,1H3,(H2,12,13,14). The first kappa shape index (κ1) is 12.9. The Hall–Kier alpha value is -0.211. The zero-order chi connectivity index (χ0) is 10.9. The Labute approximate surface area is 99.1 Å². The topological polar surface area (TPSA) is 41.1 Å². The van der Waals surface area contributed by atoms with Crippen molar-refractivity contribution in [3.8, 4) is 0 Å². The molecule has 0 bridgehead atoms. The van der Waals surface area contributed by atoms with Crippen molar-refractivity contribution in [2.24, 2.45) is 0 Å². The first-order chi connectivity index (χ1) is 7.33. The molecule has 0 saturated heterocycles. The molecule has 1 aliphatic rings. The molecular formula is C11H22N2OSe. The molecule has 0 aromatic rings. The molecule has 0 radical (unpaired) electrons. The maximum absolute atomic E-state index is 11.4. The zero-order valence-electron chi connectivity index (χ0n) is 9.55. The Morgan fingerprint density at radius 3 is 2.73 bits per heavy atom. The van der Waals surface area contributed by atoms with Crippen LogP contribution in [0.2, 0.25) is 4.82 Å². The molecule has 1 aliphatic carbocycles. The van der Waals surface area contributed by atoms with Crippen LogP contribution in [0, 0.1) is 0 Å². The predicted molar refractivity (Wildman–Crippen MR) is 64.0 cm³/mol. The molecule has 0 aromatic carbocycles. The number of carbonyl (C=O) groups excluding carboxylic acids is 1. The molecular weight excluding hydrogens is 255 g/mol. The summed E-state index contributed by atoms with van der Waals surface area (Å²) in [6.45, 7) is 2.94. The Morgan fingerprint density at radius 2 is 2.07 bits per heavy atom. The summed E-state index contributed by atoms with van der Waals surface area (Å²) in [4.78, 5) is 12.1. The molecule has 0 unspecified atom stereocenters. The van der Waals surface area contributed by atoms with E-state index in [9.17, 15) is 4.79 Å². The predicted octanol–water partition coefficient (Wildman–Crippen LogP) is 2.46. The van der Waals surface area contributed by atoms with Gasteiger partial charge in [0.1, 0.15) is 0 Å². The normalized spacial score (nSPS) is 17.4. The molecule has 1 fully saturated rings. The van der Waals surface area contributed by atoms with Crippen LogP contribution in [0.15, 0.2) is 0 Å². The van der Waals surface area contributed by atoms with Crippen molar-refractivity contribution in [2.75, 3.05) is 6.54 Å². The van der Waals surface area contributed by atoms with E-state index in [1.54, 1.807) is 0 Å². The third kappa shape index (κ3) is 6.06. The van der Waals surface area contributed by atoms with Gasteiger partial charge >= 0.3 is 98.9 Å². The van der Waals surface area contributed by atoms with Crippen LogP contribution in [0.4, 0.5) is 4.79 Å². The third-order valence-electron chi connectivity index (χ3n) is 2.69. The Balaban J connectivity index is 2.00. The van der Waals surface area contributed by atoms with E-state index in [-0.39, 0.29) is 6.03 Å². The van der Waals surface area contributed by atoms with E-state index in [0.717, 1.165) is 24.2 Å². The summed E-state index contributed by atoms with van der Waals surface area (Å²) in [5.41, 5.74) is 0. The number of carbonyl (C=O) groups is 1. The van der Waals surface area contributed by atoms with Crippen molar-refractivity contribution in [1.82, 2.24) is 9.65 Å². The number of unbranched alkanes of at least 4 members (excludes halogenated alkanes) is 1. The van der Waals surface area contributed by atoms with Crippen LogP contribution in [-0.2, 0) is 0 Å². The SMILES string of the molecule is CCCCNC(=O)N[Se]C1CCCCC1. The summed E-state index contributed by atoms with van der Waals surface area (Å²) in [6, 6.07) is 0.0361. The van der Waals surface area contributed by atoms with Gasteiger partial charge in [-0.2, -0.15) is 0 Å². The van der Waals surface area contributed by atoms with Crippen molar-refractivity contribution in [3.05, 3.63) is 0 Å². The van der Waals surface area contributed by atoms with Crippen LogP contribution in [0.5, 0.6) is 0 Å². The molecule has 0 aliphatic heterocycles. The number of amides is 2. The summed E-state index contributed by atoms with van der Waals surface area (Å²) < 4.78 is 3.02. The number of nitrogens with one attached hydrogen (secondary N) is 2. The van der Waals surface area contributed by atoms with Gasteiger partial charge in [0.2, 0.25) is 0 Å². The Morgan fingerprint density at radius 1 is 1.33 bits per heavy atom. The minimum absolute atomic E-state index is 0.0361. The average molecular weight is 277 g/mol. The van der Waals surface area contributed by atoms with Crippen LogP contribution in [0.3, 0.4) is 0 Å².